The molecule has 0 spiro atoms. The first-order valence-corrected chi connectivity index (χ1v) is 14.6. The molecule has 194 valence electrons. The van der Waals surface area contributed by atoms with Crippen LogP contribution in [0.3, 0.4) is 0 Å². The molecule has 3 heteroatoms. The number of benzene rings is 4. The maximum Gasteiger partial charge on any atom is 0.210 e. The lowest BCUT2D eigenvalue weighted by molar-refractivity contribution is -0.596. The van der Waals surface area contributed by atoms with Gasteiger partial charge < -0.3 is 0 Å². The average Bonchev–Trinajstić information content (AvgIpc) is 3.47. The first-order valence-electron chi connectivity index (χ1n) is 13.8. The number of hydrogen-bond donors (Lipinski definition) is 0. The van der Waals surface area contributed by atoms with Crippen LogP contribution in [0.15, 0.2) is 170 Å². The fourth-order valence-electron chi connectivity index (χ4n) is 5.31. The van der Waals surface area contributed by atoms with Gasteiger partial charge in [0.2, 0.25) is 11.4 Å². The van der Waals surface area contributed by atoms with Gasteiger partial charge in [-0.15, -0.1) is 11.3 Å². The van der Waals surface area contributed by atoms with Crippen LogP contribution < -0.4 is 9.13 Å². The maximum absolute atomic E-state index is 2.25. The van der Waals surface area contributed by atoms with Crippen LogP contribution in [0.5, 0.6) is 0 Å². The molecule has 0 aliphatic rings. The van der Waals surface area contributed by atoms with Gasteiger partial charge in [-0.05, 0) is 46.5 Å². The highest BCUT2D eigenvalue weighted by Gasteiger charge is 2.23. The van der Waals surface area contributed by atoms with Crippen LogP contribution in [0.4, 0.5) is 0 Å². The van der Waals surface area contributed by atoms with Gasteiger partial charge in [0.25, 0.3) is 0 Å². The summed E-state index contributed by atoms with van der Waals surface area (Å²) < 4.78 is 4.28. The van der Waals surface area contributed by atoms with Crippen LogP contribution in [-0.4, -0.2) is 0 Å². The van der Waals surface area contributed by atoms with E-state index >= 15 is 0 Å². The van der Waals surface area contributed by atoms with Crippen molar-refractivity contribution in [3.63, 3.8) is 0 Å². The minimum Gasteiger partial charge on any atom is -0.167 e. The molecule has 0 fully saturated rings. The van der Waals surface area contributed by atoms with Gasteiger partial charge >= 0.3 is 0 Å². The van der Waals surface area contributed by atoms with Crippen LogP contribution in [0.2, 0.25) is 0 Å². The van der Waals surface area contributed by atoms with E-state index in [1.54, 1.807) is 0 Å². The van der Waals surface area contributed by atoms with Gasteiger partial charge in [-0.25, -0.2) is 0 Å². The number of hydrogen-bond acceptors (Lipinski definition) is 1. The Hall–Kier alpha value is -5.12. The van der Waals surface area contributed by atoms with E-state index in [9.17, 15) is 0 Å². The number of pyridine rings is 2. The van der Waals surface area contributed by atoms with Gasteiger partial charge in [0.1, 0.15) is 0 Å². The van der Waals surface area contributed by atoms with E-state index in [0.29, 0.717) is 0 Å². The Bertz CT molecular complexity index is 1740. The standard InChI is InChI=1S/C38H28N2S/c1-5-13-29(14-6-1)35-36(30-15-7-2-8-16-30)38(32-19-23-34(24-20-32)40-27-11-4-12-28-40)41-37(35)31-17-21-33(22-18-31)39-25-9-3-10-26-39/h1-28H/q+2. The molecule has 2 nitrogen and oxygen atoms in total. The molecule has 0 aliphatic carbocycles. The number of aromatic nitrogens is 2. The lowest BCUT2D eigenvalue weighted by Crippen LogP contribution is -2.28. The Labute approximate surface area is 244 Å². The third-order valence-corrected chi connectivity index (χ3v) is 8.61. The monoisotopic (exact) mass is 544 g/mol. The fraction of sp³-hybridized carbons (Fsp3) is 0. The predicted molar refractivity (Wildman–Crippen MR) is 169 cm³/mol. The molecule has 3 heterocycles. The van der Waals surface area contributed by atoms with E-state index in [1.807, 2.05) is 23.5 Å². The van der Waals surface area contributed by atoms with Crippen molar-refractivity contribution >= 4 is 11.3 Å². The average molecular weight is 545 g/mol. The summed E-state index contributed by atoms with van der Waals surface area (Å²) in [6.45, 7) is 0. The topological polar surface area (TPSA) is 7.76 Å². The normalized spacial score (nSPS) is 10.9. The molecule has 3 aromatic heterocycles. The molecule has 0 N–H and O–H groups in total. The summed E-state index contributed by atoms with van der Waals surface area (Å²) in [5.74, 6) is 0. The quantitative estimate of drug-likeness (QED) is 0.185. The molecule has 0 saturated heterocycles. The third-order valence-electron chi connectivity index (χ3n) is 7.32. The van der Waals surface area contributed by atoms with Gasteiger partial charge in [0, 0.05) is 69.4 Å². The van der Waals surface area contributed by atoms with Gasteiger partial charge in [0.05, 0.1) is 0 Å². The summed E-state index contributed by atoms with van der Waals surface area (Å²) in [7, 11) is 0. The van der Waals surface area contributed by atoms with Crippen LogP contribution in [0, 0.1) is 0 Å². The minimum atomic E-state index is 1.14. The van der Waals surface area contributed by atoms with Crippen LogP contribution >= 0.6 is 11.3 Å². The van der Waals surface area contributed by atoms with Crippen LogP contribution in [-0.2, 0) is 0 Å². The van der Waals surface area contributed by atoms with Crippen molar-refractivity contribution in [1.29, 1.82) is 0 Å². The first kappa shape index (κ1) is 24.9. The second-order valence-corrected chi connectivity index (χ2v) is 10.9. The SMILES string of the molecule is c1ccc(-c2c(-c3ccc(-[n+]4ccccc4)cc3)sc(-c3ccc(-[n+]4ccccc4)cc3)c2-c2ccccc2)cc1. The molecule has 0 bridgehead atoms. The summed E-state index contributed by atoms with van der Waals surface area (Å²) in [5, 5.41) is 0. The second kappa shape index (κ2) is 11.2. The molecule has 7 rings (SSSR count). The van der Waals surface area contributed by atoms with Crippen molar-refractivity contribution in [2.24, 2.45) is 0 Å². The smallest absolute Gasteiger partial charge is 0.167 e. The Morgan fingerprint density at radius 3 is 1.02 bits per heavy atom. The number of thiophene rings is 1. The molecular weight excluding hydrogens is 516 g/mol. The highest BCUT2D eigenvalue weighted by atomic mass is 32.1. The largest absolute Gasteiger partial charge is 0.210 e. The van der Waals surface area contributed by atoms with Crippen molar-refractivity contribution in [3.05, 3.63) is 170 Å². The Morgan fingerprint density at radius 1 is 0.317 bits per heavy atom. The van der Waals surface area contributed by atoms with Gasteiger partial charge in [-0.1, -0.05) is 72.8 Å². The molecule has 0 unspecified atom stereocenters. The minimum absolute atomic E-state index is 1.14. The molecule has 0 amide bonds. The van der Waals surface area contributed by atoms with E-state index in [4.69, 9.17) is 0 Å². The lowest BCUT2D eigenvalue weighted by Gasteiger charge is -2.11. The Morgan fingerprint density at radius 2 is 0.659 bits per heavy atom. The summed E-state index contributed by atoms with van der Waals surface area (Å²) in [4.78, 5) is 2.55. The van der Waals surface area contributed by atoms with Crippen molar-refractivity contribution in [2.75, 3.05) is 0 Å². The zero-order valence-electron chi connectivity index (χ0n) is 22.5. The summed E-state index contributed by atoms with van der Waals surface area (Å²) in [5.41, 5.74) is 9.72. The van der Waals surface area contributed by atoms with Gasteiger partial charge in [-0.2, -0.15) is 9.13 Å². The number of nitrogens with zero attached hydrogens (tertiary/aromatic N) is 2. The molecule has 41 heavy (non-hydrogen) atoms. The van der Waals surface area contributed by atoms with Gasteiger partial charge in [-0.3, -0.25) is 0 Å². The highest BCUT2D eigenvalue weighted by molar-refractivity contribution is 7.20. The van der Waals surface area contributed by atoms with Crippen LogP contribution in [0.25, 0.3) is 54.5 Å². The summed E-state index contributed by atoms with van der Waals surface area (Å²) in [6, 6.07) is 51.7. The summed E-state index contributed by atoms with van der Waals surface area (Å²) >= 11 is 1.87. The van der Waals surface area contributed by atoms with E-state index in [0.717, 1.165) is 11.4 Å². The molecule has 4 aromatic carbocycles. The molecule has 0 atom stereocenters. The van der Waals surface area contributed by atoms with Crippen LogP contribution in [0.1, 0.15) is 0 Å². The second-order valence-electron chi connectivity index (χ2n) is 9.90. The molecular formula is C38H28N2S+2. The first-order chi connectivity index (χ1) is 20.3. The van der Waals surface area contributed by atoms with Crippen molar-refractivity contribution in [2.45, 2.75) is 0 Å². The predicted octanol–water partition coefficient (Wildman–Crippen LogP) is 8.97. The van der Waals surface area contributed by atoms with E-state index in [2.05, 4.69) is 167 Å². The fourth-order valence-corrected chi connectivity index (χ4v) is 6.67. The molecule has 0 aliphatic heterocycles. The maximum atomic E-state index is 2.25. The molecule has 7 aromatic rings. The highest BCUT2D eigenvalue weighted by Crippen LogP contribution is 2.51. The molecule has 0 radical (unpaired) electrons. The Balaban J connectivity index is 1.43. The van der Waals surface area contributed by atoms with E-state index < -0.39 is 0 Å². The van der Waals surface area contributed by atoms with Gasteiger partial charge in [0.15, 0.2) is 24.8 Å². The zero-order valence-corrected chi connectivity index (χ0v) is 23.3. The Kier molecular flexibility index (Phi) is 6.78. The van der Waals surface area contributed by atoms with Crippen molar-refractivity contribution in [1.82, 2.24) is 0 Å². The van der Waals surface area contributed by atoms with Crippen molar-refractivity contribution < 1.29 is 9.13 Å². The third kappa shape index (κ3) is 5.00. The summed E-state index contributed by atoms with van der Waals surface area (Å²) in [6.07, 6.45) is 8.33. The zero-order chi connectivity index (χ0) is 27.4. The van der Waals surface area contributed by atoms with E-state index in [1.165, 1.54) is 43.1 Å². The number of rotatable bonds is 6. The lowest BCUT2D eigenvalue weighted by atomic mass is 9.91. The molecule has 0 saturated carbocycles. The van der Waals surface area contributed by atoms with E-state index in [-0.39, 0.29) is 0 Å². The van der Waals surface area contributed by atoms with Crippen molar-refractivity contribution in [3.8, 4) is 54.5 Å².